The highest BCUT2D eigenvalue weighted by Gasteiger charge is 2.26. The van der Waals surface area contributed by atoms with Gasteiger partial charge in [0.15, 0.2) is 0 Å². The summed E-state index contributed by atoms with van der Waals surface area (Å²) in [7, 11) is 1.57. The second-order valence-corrected chi connectivity index (χ2v) is 7.38. The maximum absolute atomic E-state index is 12.6. The smallest absolute Gasteiger partial charge is 0.227 e. The number of nitrogens with one attached hydrogen (secondary N) is 1. The van der Waals surface area contributed by atoms with E-state index in [1.165, 1.54) is 4.90 Å². The fraction of sp³-hybridized carbons (Fsp3) is 0.368. The SMILES string of the molecule is COc1ccc(NC(=O)C2CCN(c3ncccc3SC)CC2)cc1Cl. The van der Waals surface area contributed by atoms with Gasteiger partial charge in [-0.05, 0) is 49.4 Å². The van der Waals surface area contributed by atoms with E-state index in [0.717, 1.165) is 31.7 Å². The number of thioether (sulfide) groups is 1. The normalized spacial score (nSPS) is 15.0. The number of amides is 1. The minimum atomic E-state index is -0.00595. The van der Waals surface area contributed by atoms with Crippen molar-refractivity contribution in [3.8, 4) is 5.75 Å². The Kier molecular flexibility index (Phi) is 6.27. The Morgan fingerprint density at radius 1 is 1.35 bits per heavy atom. The molecule has 1 aliphatic heterocycles. The molecule has 138 valence electrons. The van der Waals surface area contributed by atoms with E-state index in [9.17, 15) is 4.79 Å². The zero-order valence-corrected chi connectivity index (χ0v) is 16.4. The number of anilines is 2. The van der Waals surface area contributed by atoms with Crippen molar-refractivity contribution in [3.63, 3.8) is 0 Å². The van der Waals surface area contributed by atoms with E-state index in [-0.39, 0.29) is 11.8 Å². The van der Waals surface area contributed by atoms with Crippen molar-refractivity contribution in [1.29, 1.82) is 0 Å². The van der Waals surface area contributed by atoms with Gasteiger partial charge in [0.25, 0.3) is 0 Å². The Hall–Kier alpha value is -1.92. The van der Waals surface area contributed by atoms with Crippen LogP contribution in [0.4, 0.5) is 11.5 Å². The second-order valence-electron chi connectivity index (χ2n) is 6.13. The molecule has 0 spiro atoms. The number of piperidine rings is 1. The molecule has 0 aliphatic carbocycles. The quantitative estimate of drug-likeness (QED) is 0.769. The number of carbonyl (C=O) groups excluding carboxylic acids is 1. The number of methoxy groups -OCH3 is 1. The van der Waals surface area contributed by atoms with E-state index in [2.05, 4.69) is 27.5 Å². The molecule has 0 unspecified atom stereocenters. The lowest BCUT2D eigenvalue weighted by Crippen LogP contribution is -2.38. The minimum absolute atomic E-state index is 0.00595. The Morgan fingerprint density at radius 2 is 2.12 bits per heavy atom. The number of aromatic nitrogens is 1. The number of rotatable bonds is 5. The van der Waals surface area contributed by atoms with Gasteiger partial charge in [-0.25, -0.2) is 4.98 Å². The summed E-state index contributed by atoms with van der Waals surface area (Å²) in [5.74, 6) is 1.64. The molecule has 0 bridgehead atoms. The first-order valence-electron chi connectivity index (χ1n) is 8.50. The van der Waals surface area contributed by atoms with Gasteiger partial charge in [0, 0.05) is 35.8 Å². The third-order valence-corrected chi connectivity index (χ3v) is 5.61. The second kappa shape index (κ2) is 8.64. The van der Waals surface area contributed by atoms with Crippen molar-refractivity contribution < 1.29 is 9.53 Å². The molecule has 1 aliphatic rings. The van der Waals surface area contributed by atoms with Gasteiger partial charge in [-0.1, -0.05) is 11.6 Å². The van der Waals surface area contributed by atoms with Crippen LogP contribution < -0.4 is 15.0 Å². The molecule has 0 atom stereocenters. The molecule has 1 aromatic carbocycles. The molecule has 1 fully saturated rings. The number of carbonyl (C=O) groups is 1. The summed E-state index contributed by atoms with van der Waals surface area (Å²) >= 11 is 7.82. The molecule has 2 heterocycles. The van der Waals surface area contributed by atoms with E-state index in [0.29, 0.717) is 16.5 Å². The van der Waals surface area contributed by atoms with Gasteiger partial charge < -0.3 is 15.0 Å². The van der Waals surface area contributed by atoms with Crippen molar-refractivity contribution in [2.45, 2.75) is 17.7 Å². The Balaban J connectivity index is 1.59. The molecule has 26 heavy (non-hydrogen) atoms. The molecular formula is C19H22ClN3O2S. The van der Waals surface area contributed by atoms with Crippen molar-refractivity contribution in [3.05, 3.63) is 41.6 Å². The highest BCUT2D eigenvalue weighted by Crippen LogP contribution is 2.31. The standard InChI is InChI=1S/C19H22ClN3O2S/c1-25-16-6-5-14(12-15(16)20)22-19(24)13-7-10-23(11-8-13)18-17(26-2)4-3-9-21-18/h3-6,9,12-13H,7-8,10-11H2,1-2H3,(H,22,24). The van der Waals surface area contributed by atoms with E-state index in [1.807, 2.05) is 12.3 Å². The summed E-state index contributed by atoms with van der Waals surface area (Å²) in [5.41, 5.74) is 0.692. The van der Waals surface area contributed by atoms with Crippen LogP contribution in [0.15, 0.2) is 41.4 Å². The largest absolute Gasteiger partial charge is 0.495 e. The molecular weight excluding hydrogens is 370 g/mol. The zero-order valence-electron chi connectivity index (χ0n) is 14.9. The molecule has 1 aromatic heterocycles. The van der Waals surface area contributed by atoms with E-state index in [1.54, 1.807) is 37.1 Å². The van der Waals surface area contributed by atoms with Gasteiger partial charge in [0.2, 0.25) is 5.91 Å². The van der Waals surface area contributed by atoms with Gasteiger partial charge in [-0.2, -0.15) is 0 Å². The van der Waals surface area contributed by atoms with Crippen LogP contribution in [-0.4, -0.2) is 37.3 Å². The predicted molar refractivity (Wildman–Crippen MR) is 108 cm³/mol. The minimum Gasteiger partial charge on any atom is -0.495 e. The zero-order chi connectivity index (χ0) is 18.5. The van der Waals surface area contributed by atoms with Gasteiger partial charge in [0.05, 0.1) is 12.1 Å². The molecule has 0 radical (unpaired) electrons. The van der Waals surface area contributed by atoms with Crippen LogP contribution >= 0.6 is 23.4 Å². The lowest BCUT2D eigenvalue weighted by atomic mass is 9.95. The number of halogens is 1. The highest BCUT2D eigenvalue weighted by atomic mass is 35.5. The van der Waals surface area contributed by atoms with Gasteiger partial charge in [0.1, 0.15) is 11.6 Å². The van der Waals surface area contributed by atoms with Crippen LogP contribution in [0, 0.1) is 5.92 Å². The van der Waals surface area contributed by atoms with E-state index < -0.39 is 0 Å². The molecule has 5 nitrogen and oxygen atoms in total. The number of ether oxygens (including phenoxy) is 1. The van der Waals surface area contributed by atoms with Crippen LogP contribution in [-0.2, 0) is 4.79 Å². The highest BCUT2D eigenvalue weighted by molar-refractivity contribution is 7.98. The number of hydrogen-bond donors (Lipinski definition) is 1. The first-order chi connectivity index (χ1) is 12.6. The molecule has 7 heteroatoms. The molecule has 1 amide bonds. The Morgan fingerprint density at radius 3 is 2.77 bits per heavy atom. The van der Waals surface area contributed by atoms with Crippen LogP contribution in [0.1, 0.15) is 12.8 Å². The molecule has 2 aromatic rings. The lowest BCUT2D eigenvalue weighted by molar-refractivity contribution is -0.120. The maximum Gasteiger partial charge on any atom is 0.227 e. The maximum atomic E-state index is 12.6. The first kappa shape index (κ1) is 18.9. The number of nitrogens with zero attached hydrogens (tertiary/aromatic N) is 2. The number of benzene rings is 1. The monoisotopic (exact) mass is 391 g/mol. The van der Waals surface area contributed by atoms with Crippen molar-refractivity contribution in [2.75, 3.05) is 36.7 Å². The van der Waals surface area contributed by atoms with E-state index >= 15 is 0 Å². The van der Waals surface area contributed by atoms with E-state index in [4.69, 9.17) is 16.3 Å². The summed E-state index contributed by atoms with van der Waals surface area (Å²) in [6, 6.07) is 9.31. The Bertz CT molecular complexity index is 779. The fourth-order valence-electron chi connectivity index (χ4n) is 3.12. The third kappa shape index (κ3) is 4.24. The molecule has 1 N–H and O–H groups in total. The summed E-state index contributed by atoms with van der Waals surface area (Å²) in [6.07, 6.45) is 5.49. The first-order valence-corrected chi connectivity index (χ1v) is 10.1. The third-order valence-electron chi connectivity index (χ3n) is 4.56. The fourth-order valence-corrected chi connectivity index (χ4v) is 3.96. The van der Waals surface area contributed by atoms with Gasteiger partial charge in [-0.15, -0.1) is 11.8 Å². The molecule has 3 rings (SSSR count). The summed E-state index contributed by atoms with van der Waals surface area (Å²) in [5, 5.41) is 3.45. The van der Waals surface area contributed by atoms with Gasteiger partial charge >= 0.3 is 0 Å². The summed E-state index contributed by atoms with van der Waals surface area (Å²) in [4.78, 5) is 20.5. The van der Waals surface area contributed by atoms with Crippen LogP contribution in [0.25, 0.3) is 0 Å². The lowest BCUT2D eigenvalue weighted by Gasteiger charge is -2.33. The van der Waals surface area contributed by atoms with Gasteiger partial charge in [-0.3, -0.25) is 4.79 Å². The van der Waals surface area contributed by atoms with Crippen molar-refractivity contribution in [2.24, 2.45) is 5.92 Å². The van der Waals surface area contributed by atoms with Crippen molar-refractivity contribution in [1.82, 2.24) is 4.98 Å². The summed E-state index contributed by atoms with van der Waals surface area (Å²) < 4.78 is 5.14. The van der Waals surface area contributed by atoms with Crippen LogP contribution in [0.2, 0.25) is 5.02 Å². The number of hydrogen-bond acceptors (Lipinski definition) is 5. The average molecular weight is 392 g/mol. The topological polar surface area (TPSA) is 54.5 Å². The Labute approximate surface area is 163 Å². The van der Waals surface area contributed by atoms with Crippen LogP contribution in [0.5, 0.6) is 5.75 Å². The predicted octanol–water partition coefficient (Wildman–Crippen LogP) is 4.32. The average Bonchev–Trinajstić information content (AvgIpc) is 2.68. The molecule has 1 saturated heterocycles. The van der Waals surface area contributed by atoms with Crippen molar-refractivity contribution >= 4 is 40.8 Å². The number of pyridine rings is 1. The van der Waals surface area contributed by atoms with Crippen LogP contribution in [0.3, 0.4) is 0 Å². The molecule has 0 saturated carbocycles. The summed E-state index contributed by atoms with van der Waals surface area (Å²) in [6.45, 7) is 1.65.